The molecule has 0 spiro atoms. The molecule has 0 aliphatic heterocycles. The molecular formula is C30H35Cl2N3O4S. The van der Waals surface area contributed by atoms with Crippen molar-refractivity contribution in [2.45, 2.75) is 64.6 Å². The van der Waals surface area contributed by atoms with Crippen LogP contribution in [0.5, 0.6) is 0 Å². The van der Waals surface area contributed by atoms with Crippen molar-refractivity contribution < 1.29 is 18.0 Å². The Hall–Kier alpha value is -3.07. The van der Waals surface area contributed by atoms with Gasteiger partial charge in [0.25, 0.3) is 10.0 Å². The van der Waals surface area contributed by atoms with E-state index in [1.54, 1.807) is 25.1 Å². The van der Waals surface area contributed by atoms with Crippen LogP contribution in [0, 0.1) is 13.8 Å². The average molecular weight is 605 g/mol. The Bertz CT molecular complexity index is 1440. The van der Waals surface area contributed by atoms with Crippen molar-refractivity contribution >= 4 is 50.7 Å². The van der Waals surface area contributed by atoms with Gasteiger partial charge in [-0.15, -0.1) is 0 Å². The van der Waals surface area contributed by atoms with Gasteiger partial charge in [0, 0.05) is 12.6 Å². The number of sulfonamides is 1. The lowest BCUT2D eigenvalue weighted by molar-refractivity contribution is -0.139. The van der Waals surface area contributed by atoms with Crippen LogP contribution in [0.25, 0.3) is 0 Å². The van der Waals surface area contributed by atoms with Crippen LogP contribution in [0.3, 0.4) is 0 Å². The molecule has 0 fully saturated rings. The Kier molecular flexibility index (Phi) is 10.6. The Labute approximate surface area is 247 Å². The van der Waals surface area contributed by atoms with Crippen LogP contribution in [-0.4, -0.2) is 43.8 Å². The van der Waals surface area contributed by atoms with Gasteiger partial charge in [-0.25, -0.2) is 8.42 Å². The van der Waals surface area contributed by atoms with Crippen molar-refractivity contribution in [3.63, 3.8) is 0 Å². The molecule has 0 aromatic heterocycles. The zero-order valence-corrected chi connectivity index (χ0v) is 25.6. The normalized spacial score (nSPS) is 12.9. The number of benzene rings is 3. The van der Waals surface area contributed by atoms with Crippen molar-refractivity contribution in [3.05, 3.63) is 93.5 Å². The highest BCUT2D eigenvalue weighted by Crippen LogP contribution is 2.35. The van der Waals surface area contributed by atoms with E-state index in [1.165, 1.54) is 29.2 Å². The minimum atomic E-state index is -4.24. The third kappa shape index (κ3) is 7.56. The molecule has 0 aliphatic rings. The largest absolute Gasteiger partial charge is 0.352 e. The van der Waals surface area contributed by atoms with Gasteiger partial charge in [-0.1, -0.05) is 83.7 Å². The minimum absolute atomic E-state index is 0.000278. The van der Waals surface area contributed by atoms with Crippen molar-refractivity contribution in [1.29, 1.82) is 0 Å². The second-order valence-corrected chi connectivity index (χ2v) is 12.5. The molecule has 0 aliphatic carbocycles. The Morgan fingerprint density at radius 2 is 1.48 bits per heavy atom. The fourth-order valence-corrected chi connectivity index (χ4v) is 5.85. The van der Waals surface area contributed by atoms with E-state index in [1.807, 2.05) is 52.0 Å². The first-order valence-electron chi connectivity index (χ1n) is 13.0. The summed E-state index contributed by atoms with van der Waals surface area (Å²) >= 11 is 12.7. The standard InChI is InChI=1S/C30H35Cl2N3O4S/c1-6-22(4)33-30(37)23(5)34(18-24-14-10-20(2)11-15-24)28(36)19-35(27-9-7-8-26(31)29(27)32)40(38,39)25-16-12-21(3)13-17-25/h7-17,22-23H,6,18-19H2,1-5H3,(H,33,37)/t22-,23-/m0/s1. The van der Waals surface area contributed by atoms with Gasteiger partial charge >= 0.3 is 0 Å². The summed E-state index contributed by atoms with van der Waals surface area (Å²) in [6.45, 7) is 8.78. The number of hydrogen-bond donors (Lipinski definition) is 1. The summed E-state index contributed by atoms with van der Waals surface area (Å²) in [5.41, 5.74) is 2.80. The van der Waals surface area contributed by atoms with Gasteiger partial charge in [-0.3, -0.25) is 13.9 Å². The lowest BCUT2D eigenvalue weighted by Crippen LogP contribution is -2.52. The van der Waals surface area contributed by atoms with Crippen molar-refractivity contribution in [2.24, 2.45) is 0 Å². The summed E-state index contributed by atoms with van der Waals surface area (Å²) in [7, 11) is -4.24. The van der Waals surface area contributed by atoms with Crippen molar-refractivity contribution in [2.75, 3.05) is 10.8 Å². The number of halogens is 2. The molecule has 214 valence electrons. The summed E-state index contributed by atoms with van der Waals surface area (Å²) in [4.78, 5) is 28.5. The molecule has 0 bridgehead atoms. The number of amides is 2. The van der Waals surface area contributed by atoms with Crippen LogP contribution in [0.4, 0.5) is 5.69 Å². The second-order valence-electron chi connectivity index (χ2n) is 9.90. The van der Waals surface area contributed by atoms with Crippen molar-refractivity contribution in [3.8, 4) is 0 Å². The molecule has 1 N–H and O–H groups in total. The summed E-state index contributed by atoms with van der Waals surface area (Å²) in [6, 6.07) is 17.5. The van der Waals surface area contributed by atoms with E-state index in [0.717, 1.165) is 27.4 Å². The topological polar surface area (TPSA) is 86.8 Å². The maximum atomic E-state index is 14.0. The van der Waals surface area contributed by atoms with E-state index >= 15 is 0 Å². The summed E-state index contributed by atoms with van der Waals surface area (Å²) in [6.07, 6.45) is 0.722. The maximum Gasteiger partial charge on any atom is 0.264 e. The van der Waals surface area contributed by atoms with Gasteiger partial charge in [0.1, 0.15) is 12.6 Å². The molecule has 3 aromatic rings. The highest BCUT2D eigenvalue weighted by atomic mass is 35.5. The Morgan fingerprint density at radius 3 is 2.05 bits per heavy atom. The summed E-state index contributed by atoms with van der Waals surface area (Å²) < 4.78 is 28.8. The average Bonchev–Trinajstić information content (AvgIpc) is 2.92. The van der Waals surface area contributed by atoms with Crippen LogP contribution in [-0.2, 0) is 26.2 Å². The quantitative estimate of drug-likeness (QED) is 0.285. The molecule has 3 rings (SSSR count). The van der Waals surface area contributed by atoms with Gasteiger partial charge < -0.3 is 10.2 Å². The SMILES string of the molecule is CC[C@H](C)NC(=O)[C@H](C)N(Cc1ccc(C)cc1)C(=O)CN(c1cccc(Cl)c1Cl)S(=O)(=O)c1ccc(C)cc1. The number of rotatable bonds is 11. The van der Waals surface area contributed by atoms with E-state index < -0.39 is 28.5 Å². The molecule has 0 unspecified atom stereocenters. The van der Waals surface area contributed by atoms with Crippen LogP contribution >= 0.6 is 23.2 Å². The van der Waals surface area contributed by atoms with Crippen LogP contribution in [0.15, 0.2) is 71.6 Å². The lowest BCUT2D eigenvalue weighted by Gasteiger charge is -2.32. The predicted octanol–water partition coefficient (Wildman–Crippen LogP) is 6.14. The number of carbonyl (C=O) groups is 2. The van der Waals surface area contributed by atoms with E-state index in [9.17, 15) is 18.0 Å². The smallest absolute Gasteiger partial charge is 0.264 e. The third-order valence-electron chi connectivity index (χ3n) is 6.73. The molecule has 40 heavy (non-hydrogen) atoms. The van der Waals surface area contributed by atoms with E-state index in [-0.39, 0.29) is 39.1 Å². The molecule has 2 atom stereocenters. The predicted molar refractivity (Wildman–Crippen MR) is 161 cm³/mol. The van der Waals surface area contributed by atoms with Gasteiger partial charge in [0.15, 0.2) is 0 Å². The molecule has 0 heterocycles. The minimum Gasteiger partial charge on any atom is -0.352 e. The number of aryl methyl sites for hydroxylation is 2. The Morgan fingerprint density at radius 1 is 0.900 bits per heavy atom. The number of hydrogen-bond acceptors (Lipinski definition) is 4. The fourth-order valence-electron chi connectivity index (χ4n) is 3.97. The highest BCUT2D eigenvalue weighted by molar-refractivity contribution is 7.92. The van der Waals surface area contributed by atoms with Crippen LogP contribution in [0.1, 0.15) is 43.9 Å². The molecule has 0 saturated heterocycles. The third-order valence-corrected chi connectivity index (χ3v) is 9.31. The molecule has 0 saturated carbocycles. The first-order valence-corrected chi connectivity index (χ1v) is 15.2. The summed E-state index contributed by atoms with van der Waals surface area (Å²) in [5.74, 6) is -0.900. The number of nitrogens with one attached hydrogen (secondary N) is 1. The first kappa shape index (κ1) is 31.5. The van der Waals surface area contributed by atoms with Gasteiger partial charge in [-0.2, -0.15) is 0 Å². The van der Waals surface area contributed by atoms with Crippen LogP contribution < -0.4 is 9.62 Å². The van der Waals surface area contributed by atoms with Gasteiger partial charge in [0.05, 0.1) is 20.6 Å². The maximum absolute atomic E-state index is 14.0. The molecular weight excluding hydrogens is 569 g/mol. The van der Waals surface area contributed by atoms with Gasteiger partial charge in [-0.05, 0) is 63.9 Å². The van der Waals surface area contributed by atoms with Crippen LogP contribution in [0.2, 0.25) is 10.0 Å². The highest BCUT2D eigenvalue weighted by Gasteiger charge is 2.34. The summed E-state index contributed by atoms with van der Waals surface area (Å²) in [5, 5.41) is 3.07. The van der Waals surface area contributed by atoms with Crippen molar-refractivity contribution in [1.82, 2.24) is 10.2 Å². The Balaban J connectivity index is 2.06. The molecule has 3 aromatic carbocycles. The number of carbonyl (C=O) groups excluding carboxylic acids is 2. The molecule has 10 heteroatoms. The van der Waals surface area contributed by atoms with Gasteiger partial charge in [0.2, 0.25) is 11.8 Å². The van der Waals surface area contributed by atoms with E-state index in [4.69, 9.17) is 23.2 Å². The van der Waals surface area contributed by atoms with E-state index in [2.05, 4.69) is 5.32 Å². The monoisotopic (exact) mass is 603 g/mol. The number of anilines is 1. The molecule has 2 amide bonds. The zero-order chi connectivity index (χ0) is 29.6. The van der Waals surface area contributed by atoms with E-state index in [0.29, 0.717) is 0 Å². The molecule has 0 radical (unpaired) electrons. The lowest BCUT2D eigenvalue weighted by atomic mass is 10.1. The fraction of sp³-hybridized carbons (Fsp3) is 0.333. The molecule has 7 nitrogen and oxygen atoms in total. The zero-order valence-electron chi connectivity index (χ0n) is 23.3. The second kappa shape index (κ2) is 13.5. The number of nitrogens with zero attached hydrogens (tertiary/aromatic N) is 2. The first-order chi connectivity index (χ1) is 18.8.